The lowest BCUT2D eigenvalue weighted by atomic mass is 9.96. The highest BCUT2D eigenvalue weighted by molar-refractivity contribution is 5.66. The van der Waals surface area contributed by atoms with Crippen LogP contribution >= 0.6 is 0 Å². The maximum Gasteiger partial charge on any atom is 0.303 e. The van der Waals surface area contributed by atoms with Crippen LogP contribution in [0.25, 0.3) is 0 Å². The Morgan fingerprint density at radius 1 is 0.880 bits per heavy atom. The van der Waals surface area contributed by atoms with Gasteiger partial charge < -0.3 is 10.0 Å². The summed E-state index contributed by atoms with van der Waals surface area (Å²) >= 11 is 0. The van der Waals surface area contributed by atoms with Crippen LogP contribution in [-0.2, 0) is 4.79 Å². The lowest BCUT2D eigenvalue weighted by molar-refractivity contribution is -0.137. The fourth-order valence-electron chi connectivity index (χ4n) is 3.58. The van der Waals surface area contributed by atoms with Gasteiger partial charge in [0.05, 0.1) is 6.04 Å². The van der Waals surface area contributed by atoms with Crippen molar-refractivity contribution >= 4 is 5.97 Å². The summed E-state index contributed by atoms with van der Waals surface area (Å²) in [6.07, 6.45) is 0.993. The zero-order valence-corrected chi connectivity index (χ0v) is 14.6. The summed E-state index contributed by atoms with van der Waals surface area (Å²) in [5, 5.41) is 8.78. The number of carbonyl (C=O) groups is 1. The molecule has 0 unspecified atom stereocenters. The Morgan fingerprint density at radius 2 is 1.40 bits per heavy atom. The molecule has 1 heterocycles. The molecule has 4 nitrogen and oxygen atoms in total. The highest BCUT2D eigenvalue weighted by Crippen LogP contribution is 2.29. The molecule has 0 bridgehead atoms. The van der Waals surface area contributed by atoms with Gasteiger partial charge in [-0.15, -0.1) is 0 Å². The standard InChI is InChI=1S/C21H26N2O2/c24-20(25)12-7-13-22-14-16-23(17-15-22)21(18-8-3-1-4-9-18)19-10-5-2-6-11-19/h1-6,8-11,21H,7,12-17H2,(H,24,25). The minimum absolute atomic E-state index is 0.261. The van der Waals surface area contributed by atoms with Gasteiger partial charge in [-0.3, -0.25) is 9.69 Å². The second kappa shape index (κ2) is 8.79. The number of piperazine rings is 1. The van der Waals surface area contributed by atoms with Gasteiger partial charge >= 0.3 is 5.97 Å². The van der Waals surface area contributed by atoms with Gasteiger partial charge in [-0.1, -0.05) is 60.7 Å². The smallest absolute Gasteiger partial charge is 0.303 e. The van der Waals surface area contributed by atoms with Gasteiger partial charge in [0.2, 0.25) is 0 Å². The van der Waals surface area contributed by atoms with Crippen LogP contribution in [-0.4, -0.2) is 53.6 Å². The molecule has 0 atom stereocenters. The first-order valence-electron chi connectivity index (χ1n) is 9.02. The second-order valence-electron chi connectivity index (χ2n) is 6.60. The van der Waals surface area contributed by atoms with E-state index in [0.717, 1.165) is 39.1 Å². The zero-order chi connectivity index (χ0) is 17.5. The third kappa shape index (κ3) is 4.91. The van der Waals surface area contributed by atoms with Crippen molar-refractivity contribution in [2.24, 2.45) is 0 Å². The molecule has 132 valence electrons. The van der Waals surface area contributed by atoms with Crippen molar-refractivity contribution in [3.8, 4) is 0 Å². The number of hydrogen-bond donors (Lipinski definition) is 1. The van der Waals surface area contributed by atoms with E-state index < -0.39 is 5.97 Å². The van der Waals surface area contributed by atoms with Crippen LogP contribution in [0.1, 0.15) is 30.0 Å². The van der Waals surface area contributed by atoms with Crippen LogP contribution in [0.15, 0.2) is 60.7 Å². The minimum atomic E-state index is -0.702. The second-order valence-corrected chi connectivity index (χ2v) is 6.60. The predicted molar refractivity (Wildman–Crippen MR) is 99.6 cm³/mol. The van der Waals surface area contributed by atoms with Crippen molar-refractivity contribution in [2.45, 2.75) is 18.9 Å². The Kier molecular flexibility index (Phi) is 6.20. The van der Waals surface area contributed by atoms with Crippen LogP contribution < -0.4 is 0 Å². The normalized spacial score (nSPS) is 16.2. The molecule has 2 aromatic rings. The van der Waals surface area contributed by atoms with E-state index >= 15 is 0 Å². The lowest BCUT2D eigenvalue weighted by Gasteiger charge is -2.39. The van der Waals surface area contributed by atoms with E-state index in [1.807, 2.05) is 0 Å². The number of carboxylic acids is 1. The van der Waals surface area contributed by atoms with E-state index in [4.69, 9.17) is 5.11 Å². The van der Waals surface area contributed by atoms with E-state index in [-0.39, 0.29) is 12.5 Å². The summed E-state index contributed by atoms with van der Waals surface area (Å²) in [5.74, 6) is -0.702. The summed E-state index contributed by atoms with van der Waals surface area (Å²) in [6, 6.07) is 21.6. The molecule has 1 fully saturated rings. The minimum Gasteiger partial charge on any atom is -0.481 e. The topological polar surface area (TPSA) is 43.8 Å². The third-order valence-corrected chi connectivity index (χ3v) is 4.87. The average molecular weight is 338 g/mol. The van der Waals surface area contributed by atoms with E-state index in [1.54, 1.807) is 0 Å². The first-order chi connectivity index (χ1) is 12.2. The van der Waals surface area contributed by atoms with Gasteiger partial charge in [0.15, 0.2) is 0 Å². The highest BCUT2D eigenvalue weighted by Gasteiger charge is 2.26. The van der Waals surface area contributed by atoms with Crippen molar-refractivity contribution in [3.63, 3.8) is 0 Å². The van der Waals surface area contributed by atoms with Crippen LogP contribution in [0.2, 0.25) is 0 Å². The van der Waals surface area contributed by atoms with Crippen LogP contribution in [0.3, 0.4) is 0 Å². The molecule has 25 heavy (non-hydrogen) atoms. The van der Waals surface area contributed by atoms with Crippen molar-refractivity contribution in [3.05, 3.63) is 71.8 Å². The molecule has 4 heteroatoms. The summed E-state index contributed by atoms with van der Waals surface area (Å²) in [4.78, 5) is 15.6. The molecule has 0 aliphatic carbocycles. The molecule has 0 radical (unpaired) electrons. The van der Waals surface area contributed by atoms with E-state index in [0.29, 0.717) is 0 Å². The number of aliphatic carboxylic acids is 1. The summed E-state index contributed by atoms with van der Waals surface area (Å²) in [7, 11) is 0. The van der Waals surface area contributed by atoms with Crippen LogP contribution in [0.5, 0.6) is 0 Å². The van der Waals surface area contributed by atoms with E-state index in [1.165, 1.54) is 11.1 Å². The Labute approximate surface area is 149 Å². The third-order valence-electron chi connectivity index (χ3n) is 4.87. The Morgan fingerprint density at radius 3 is 1.88 bits per heavy atom. The fourth-order valence-corrected chi connectivity index (χ4v) is 3.58. The molecule has 0 spiro atoms. The lowest BCUT2D eigenvalue weighted by Crippen LogP contribution is -2.48. The van der Waals surface area contributed by atoms with Crippen LogP contribution in [0.4, 0.5) is 0 Å². The quantitative estimate of drug-likeness (QED) is 0.841. The van der Waals surface area contributed by atoms with Gasteiger partial charge in [-0.2, -0.15) is 0 Å². The molecule has 3 rings (SSSR count). The first-order valence-corrected chi connectivity index (χ1v) is 9.02. The number of nitrogens with zero attached hydrogens (tertiary/aromatic N) is 2. The van der Waals surface area contributed by atoms with Gasteiger partial charge in [0.25, 0.3) is 0 Å². The maximum absolute atomic E-state index is 10.7. The summed E-state index contributed by atoms with van der Waals surface area (Å²) in [5.41, 5.74) is 2.65. The fraction of sp³-hybridized carbons (Fsp3) is 0.381. The summed E-state index contributed by atoms with van der Waals surface area (Å²) < 4.78 is 0. The molecule has 0 saturated carbocycles. The summed E-state index contributed by atoms with van der Waals surface area (Å²) in [6.45, 7) is 4.87. The number of rotatable bonds is 7. The number of carboxylic acid groups (broad SMARTS) is 1. The highest BCUT2D eigenvalue weighted by atomic mass is 16.4. The Balaban J connectivity index is 1.66. The molecule has 0 amide bonds. The average Bonchev–Trinajstić information content (AvgIpc) is 2.65. The van der Waals surface area contributed by atoms with Crippen LogP contribution in [0, 0.1) is 0 Å². The first kappa shape index (κ1) is 17.6. The van der Waals surface area contributed by atoms with Crippen molar-refractivity contribution in [1.82, 2.24) is 9.80 Å². The molecule has 1 aliphatic rings. The van der Waals surface area contributed by atoms with E-state index in [2.05, 4.69) is 70.5 Å². The molecule has 1 saturated heterocycles. The molecule has 2 aromatic carbocycles. The molecular formula is C21H26N2O2. The van der Waals surface area contributed by atoms with Gasteiger partial charge in [0, 0.05) is 32.6 Å². The van der Waals surface area contributed by atoms with Gasteiger partial charge in [0.1, 0.15) is 0 Å². The molecule has 1 N–H and O–H groups in total. The Hall–Kier alpha value is -2.17. The Bertz CT molecular complexity index is 613. The van der Waals surface area contributed by atoms with Crippen molar-refractivity contribution in [2.75, 3.05) is 32.7 Å². The molecule has 0 aromatic heterocycles. The van der Waals surface area contributed by atoms with Crippen molar-refractivity contribution < 1.29 is 9.90 Å². The number of hydrogen-bond acceptors (Lipinski definition) is 3. The maximum atomic E-state index is 10.7. The SMILES string of the molecule is O=C(O)CCCN1CCN(C(c2ccccc2)c2ccccc2)CC1. The van der Waals surface area contributed by atoms with Gasteiger partial charge in [-0.05, 0) is 24.1 Å². The number of benzene rings is 2. The van der Waals surface area contributed by atoms with E-state index in [9.17, 15) is 4.79 Å². The zero-order valence-electron chi connectivity index (χ0n) is 14.6. The largest absolute Gasteiger partial charge is 0.481 e. The predicted octanol–water partition coefficient (Wildman–Crippen LogP) is 3.26. The van der Waals surface area contributed by atoms with Gasteiger partial charge in [-0.25, -0.2) is 0 Å². The van der Waals surface area contributed by atoms with Crippen molar-refractivity contribution in [1.29, 1.82) is 0 Å². The molecule has 1 aliphatic heterocycles. The monoisotopic (exact) mass is 338 g/mol. The molecular weight excluding hydrogens is 312 g/mol.